The third-order valence-electron chi connectivity index (χ3n) is 3.02. The average Bonchev–Trinajstić information content (AvgIpc) is 2.91. The molecule has 1 unspecified atom stereocenters. The molecule has 0 aromatic carbocycles. The van der Waals surface area contributed by atoms with E-state index in [1.807, 2.05) is 19.3 Å². The molecular formula is C12H14N4S. The lowest BCUT2D eigenvalue weighted by molar-refractivity contribution is 0.419. The summed E-state index contributed by atoms with van der Waals surface area (Å²) < 4.78 is 0. The van der Waals surface area contributed by atoms with Crippen LogP contribution in [0, 0.1) is 0 Å². The number of nitrogens with zero attached hydrogens (tertiary/aromatic N) is 3. The van der Waals surface area contributed by atoms with Crippen LogP contribution in [-0.2, 0) is 0 Å². The lowest BCUT2D eigenvalue weighted by atomic mass is 10.2. The van der Waals surface area contributed by atoms with E-state index in [2.05, 4.69) is 38.7 Å². The number of rotatable bonds is 2. The fraction of sp³-hybridized carbons (Fsp3) is 0.333. The summed E-state index contributed by atoms with van der Waals surface area (Å²) in [7, 11) is 1.90. The Hall–Kier alpha value is -1.62. The predicted molar refractivity (Wildman–Crippen MR) is 72.1 cm³/mol. The number of nitrogens with one attached hydrogen (secondary N) is 1. The van der Waals surface area contributed by atoms with E-state index >= 15 is 0 Å². The first-order valence-electron chi connectivity index (χ1n) is 5.61. The Morgan fingerprint density at radius 3 is 3.18 bits per heavy atom. The van der Waals surface area contributed by atoms with E-state index in [1.165, 1.54) is 11.3 Å². The van der Waals surface area contributed by atoms with Crippen LogP contribution in [0.15, 0.2) is 28.2 Å². The zero-order valence-corrected chi connectivity index (χ0v) is 10.7. The molecule has 0 saturated heterocycles. The molecule has 1 N–H and O–H groups in total. The van der Waals surface area contributed by atoms with Crippen molar-refractivity contribution >= 4 is 28.4 Å². The monoisotopic (exact) mass is 246 g/mol. The van der Waals surface area contributed by atoms with Crippen molar-refractivity contribution in [1.82, 2.24) is 9.88 Å². The minimum Gasteiger partial charge on any atom is -0.365 e. The zero-order valence-electron chi connectivity index (χ0n) is 9.84. The van der Waals surface area contributed by atoms with Crippen molar-refractivity contribution in [2.75, 3.05) is 12.4 Å². The lowest BCUT2D eigenvalue weighted by Crippen LogP contribution is -2.24. The van der Waals surface area contributed by atoms with Crippen LogP contribution in [0.2, 0.25) is 0 Å². The minimum atomic E-state index is 0.231. The summed E-state index contributed by atoms with van der Waals surface area (Å²) >= 11 is 1.63. The predicted octanol–water partition coefficient (Wildman–Crippen LogP) is 2.55. The van der Waals surface area contributed by atoms with Crippen LogP contribution in [0.1, 0.15) is 19.0 Å². The molecule has 0 spiro atoms. The first-order valence-corrected chi connectivity index (χ1v) is 6.49. The van der Waals surface area contributed by atoms with Gasteiger partial charge in [-0.15, -0.1) is 11.3 Å². The fourth-order valence-electron chi connectivity index (χ4n) is 2.27. The molecule has 2 aliphatic heterocycles. The number of fused-ring (bicyclic) bond motifs is 1. The Morgan fingerprint density at radius 2 is 2.41 bits per heavy atom. The van der Waals surface area contributed by atoms with Crippen molar-refractivity contribution < 1.29 is 0 Å². The van der Waals surface area contributed by atoms with Gasteiger partial charge in [0.25, 0.3) is 0 Å². The van der Waals surface area contributed by atoms with Crippen LogP contribution < -0.4 is 5.32 Å². The maximum absolute atomic E-state index is 4.57. The van der Waals surface area contributed by atoms with Crippen molar-refractivity contribution in [3.63, 3.8) is 0 Å². The van der Waals surface area contributed by atoms with E-state index in [4.69, 9.17) is 0 Å². The van der Waals surface area contributed by atoms with Gasteiger partial charge in [-0.1, -0.05) is 0 Å². The summed E-state index contributed by atoms with van der Waals surface area (Å²) in [6, 6.07) is 0. The second-order valence-corrected chi connectivity index (χ2v) is 5.01. The van der Waals surface area contributed by atoms with Crippen LogP contribution >= 0.6 is 11.3 Å². The molecule has 0 radical (unpaired) electrons. The van der Waals surface area contributed by atoms with E-state index in [0.29, 0.717) is 0 Å². The summed E-state index contributed by atoms with van der Waals surface area (Å²) in [5.74, 6) is 0. The Balaban J connectivity index is 1.99. The molecule has 0 aliphatic carbocycles. The van der Waals surface area contributed by atoms with Gasteiger partial charge in [0, 0.05) is 31.3 Å². The summed E-state index contributed by atoms with van der Waals surface area (Å²) in [5.41, 5.74) is 3.61. The van der Waals surface area contributed by atoms with Crippen LogP contribution in [0.4, 0.5) is 5.13 Å². The van der Waals surface area contributed by atoms with Gasteiger partial charge < -0.3 is 10.2 Å². The van der Waals surface area contributed by atoms with Gasteiger partial charge in [-0.05, 0) is 18.6 Å². The third kappa shape index (κ3) is 1.67. The van der Waals surface area contributed by atoms with Gasteiger partial charge in [-0.3, -0.25) is 4.99 Å². The zero-order chi connectivity index (χ0) is 11.8. The van der Waals surface area contributed by atoms with Gasteiger partial charge in [0.2, 0.25) is 0 Å². The number of hydrogen-bond acceptors (Lipinski definition) is 5. The van der Waals surface area contributed by atoms with Crippen LogP contribution in [-0.4, -0.2) is 29.3 Å². The molecule has 1 aromatic rings. The van der Waals surface area contributed by atoms with E-state index < -0.39 is 0 Å². The Morgan fingerprint density at radius 1 is 1.53 bits per heavy atom. The van der Waals surface area contributed by atoms with E-state index in [-0.39, 0.29) is 6.17 Å². The fourth-order valence-corrected chi connectivity index (χ4v) is 2.92. The number of anilines is 1. The summed E-state index contributed by atoms with van der Waals surface area (Å²) in [6.45, 7) is 2.16. The molecular weight excluding hydrogens is 232 g/mol. The van der Waals surface area contributed by atoms with Crippen molar-refractivity contribution in [2.45, 2.75) is 19.5 Å². The smallest absolute Gasteiger partial charge is 0.183 e. The van der Waals surface area contributed by atoms with Crippen molar-refractivity contribution in [1.29, 1.82) is 0 Å². The van der Waals surface area contributed by atoms with Gasteiger partial charge in [0.15, 0.2) is 5.13 Å². The summed E-state index contributed by atoms with van der Waals surface area (Å²) in [5, 5.41) is 6.12. The Kier molecular flexibility index (Phi) is 2.48. The van der Waals surface area contributed by atoms with E-state index in [9.17, 15) is 0 Å². The first kappa shape index (κ1) is 10.5. The van der Waals surface area contributed by atoms with Gasteiger partial charge >= 0.3 is 0 Å². The van der Waals surface area contributed by atoms with Gasteiger partial charge in [0.1, 0.15) is 6.17 Å². The number of aromatic nitrogens is 1. The molecule has 5 heteroatoms. The molecule has 17 heavy (non-hydrogen) atoms. The molecule has 4 nitrogen and oxygen atoms in total. The minimum absolute atomic E-state index is 0.231. The maximum Gasteiger partial charge on any atom is 0.183 e. The van der Waals surface area contributed by atoms with Gasteiger partial charge in [-0.2, -0.15) is 0 Å². The van der Waals surface area contributed by atoms with Crippen molar-refractivity contribution in [3.8, 4) is 0 Å². The van der Waals surface area contributed by atoms with Gasteiger partial charge in [0.05, 0.1) is 11.4 Å². The molecule has 3 rings (SSSR count). The third-order valence-corrected chi connectivity index (χ3v) is 3.88. The second-order valence-electron chi connectivity index (χ2n) is 4.15. The Labute approximate surface area is 104 Å². The molecule has 1 atom stereocenters. The highest BCUT2D eigenvalue weighted by atomic mass is 32.1. The molecule has 0 fully saturated rings. The van der Waals surface area contributed by atoms with Crippen molar-refractivity contribution in [3.05, 3.63) is 28.9 Å². The second kappa shape index (κ2) is 4.00. The van der Waals surface area contributed by atoms with Crippen LogP contribution in [0.25, 0.3) is 5.70 Å². The number of allylic oxidation sites excluding steroid dienone is 1. The van der Waals surface area contributed by atoms with Crippen molar-refractivity contribution in [2.24, 2.45) is 4.99 Å². The number of hydrogen-bond donors (Lipinski definition) is 1. The maximum atomic E-state index is 4.57. The summed E-state index contributed by atoms with van der Waals surface area (Å²) in [6.07, 6.45) is 7.15. The first-order chi connectivity index (χ1) is 8.29. The number of aliphatic imine (C=N–C) groups is 1. The number of thiazole rings is 1. The molecule has 88 valence electrons. The largest absolute Gasteiger partial charge is 0.365 e. The SMILES string of the molecule is CNc1nc(C2=C(C)CC3N=CC=CN23)cs1. The molecule has 0 saturated carbocycles. The normalized spacial score (nSPS) is 22.2. The van der Waals surface area contributed by atoms with E-state index in [0.717, 1.165) is 17.2 Å². The van der Waals surface area contributed by atoms with Crippen LogP contribution in [0.3, 0.4) is 0 Å². The molecule has 0 amide bonds. The van der Waals surface area contributed by atoms with E-state index in [1.54, 1.807) is 11.3 Å². The highest BCUT2D eigenvalue weighted by Gasteiger charge is 2.30. The van der Waals surface area contributed by atoms with Gasteiger partial charge in [-0.25, -0.2) is 4.98 Å². The highest BCUT2D eigenvalue weighted by Crippen LogP contribution is 2.37. The molecule has 2 aliphatic rings. The van der Waals surface area contributed by atoms with Crippen LogP contribution in [0.5, 0.6) is 0 Å². The average molecular weight is 246 g/mol. The highest BCUT2D eigenvalue weighted by molar-refractivity contribution is 7.13. The topological polar surface area (TPSA) is 40.5 Å². The lowest BCUT2D eigenvalue weighted by Gasteiger charge is -2.24. The quantitative estimate of drug-likeness (QED) is 0.871. The Bertz CT molecular complexity index is 526. The molecule has 1 aromatic heterocycles. The molecule has 0 bridgehead atoms. The standard InChI is InChI=1S/C12H14N4S/c1-8-6-10-14-4-3-5-16(10)11(8)9-7-17-12(13-2)15-9/h3-5,7,10H,6H2,1-2H3,(H,13,15). The summed E-state index contributed by atoms with van der Waals surface area (Å²) in [4.78, 5) is 11.3. The molecule has 3 heterocycles.